The Morgan fingerprint density at radius 1 is 1.10 bits per heavy atom. The second kappa shape index (κ2) is 9.15. The summed E-state index contributed by atoms with van der Waals surface area (Å²) in [6.45, 7) is 4.40. The van der Waals surface area contributed by atoms with E-state index in [1.807, 2.05) is 70.4 Å². The lowest BCUT2D eigenvalue weighted by molar-refractivity contribution is -0.117. The molecule has 0 aliphatic rings. The molecule has 0 atom stereocenters. The molecular formula is C25H26N4O. The number of aryl methyl sites for hydroxylation is 1. The van der Waals surface area contributed by atoms with Gasteiger partial charge in [0.1, 0.15) is 11.6 Å². The number of rotatable bonds is 6. The average Bonchev–Trinajstić information content (AvgIpc) is 3.03. The zero-order valence-electron chi connectivity index (χ0n) is 17.8. The zero-order chi connectivity index (χ0) is 21.7. The van der Waals surface area contributed by atoms with Crippen LogP contribution in [0.4, 0.5) is 5.69 Å². The van der Waals surface area contributed by atoms with Gasteiger partial charge in [0.15, 0.2) is 0 Å². The van der Waals surface area contributed by atoms with E-state index in [9.17, 15) is 10.1 Å². The summed E-state index contributed by atoms with van der Waals surface area (Å²) in [5.74, 6) is -0.374. The van der Waals surface area contributed by atoms with Crippen LogP contribution in [0.25, 0.3) is 11.8 Å². The van der Waals surface area contributed by atoms with Crippen molar-refractivity contribution >= 4 is 17.7 Å². The minimum Gasteiger partial charge on any atom is -0.378 e. The molecule has 0 fully saturated rings. The summed E-state index contributed by atoms with van der Waals surface area (Å²) in [5.41, 5.74) is 6.13. The molecular weight excluding hydrogens is 372 g/mol. The Labute approximate surface area is 177 Å². The van der Waals surface area contributed by atoms with Crippen LogP contribution in [0.5, 0.6) is 0 Å². The van der Waals surface area contributed by atoms with Gasteiger partial charge in [-0.3, -0.25) is 4.79 Å². The lowest BCUT2D eigenvalue weighted by Crippen LogP contribution is -2.23. The number of aromatic nitrogens is 1. The Hall–Kier alpha value is -3.78. The molecule has 0 aliphatic heterocycles. The van der Waals surface area contributed by atoms with Crippen LogP contribution in [0.15, 0.2) is 66.2 Å². The molecule has 30 heavy (non-hydrogen) atoms. The van der Waals surface area contributed by atoms with Crippen LogP contribution in [-0.2, 0) is 11.3 Å². The summed E-state index contributed by atoms with van der Waals surface area (Å²) in [6, 6.07) is 22.0. The fraction of sp³-hybridized carbons (Fsp3) is 0.200. The van der Waals surface area contributed by atoms with E-state index in [4.69, 9.17) is 0 Å². The SMILES string of the molecule is Cc1cc(/C=C(/C#N)C(=O)NCc2ccccc2)c(C)n1-c1ccc(N(C)C)cc1. The summed E-state index contributed by atoms with van der Waals surface area (Å²) in [5, 5.41) is 12.3. The van der Waals surface area contributed by atoms with Gasteiger partial charge in [-0.15, -0.1) is 0 Å². The molecule has 5 nitrogen and oxygen atoms in total. The van der Waals surface area contributed by atoms with Gasteiger partial charge in [0.25, 0.3) is 5.91 Å². The fourth-order valence-electron chi connectivity index (χ4n) is 3.41. The topological polar surface area (TPSA) is 61.1 Å². The molecule has 0 unspecified atom stereocenters. The van der Waals surface area contributed by atoms with Crippen molar-refractivity contribution in [1.29, 1.82) is 5.26 Å². The van der Waals surface area contributed by atoms with Crippen LogP contribution >= 0.6 is 0 Å². The van der Waals surface area contributed by atoms with Gasteiger partial charge in [-0.2, -0.15) is 5.26 Å². The van der Waals surface area contributed by atoms with Crippen LogP contribution in [0.3, 0.4) is 0 Å². The summed E-state index contributed by atoms with van der Waals surface area (Å²) >= 11 is 0. The van der Waals surface area contributed by atoms with Gasteiger partial charge >= 0.3 is 0 Å². The number of nitrogens with one attached hydrogen (secondary N) is 1. The second-order valence-corrected chi connectivity index (χ2v) is 7.41. The molecule has 0 saturated heterocycles. The van der Waals surface area contributed by atoms with Crippen molar-refractivity contribution in [1.82, 2.24) is 9.88 Å². The van der Waals surface area contributed by atoms with E-state index in [-0.39, 0.29) is 11.5 Å². The molecule has 0 radical (unpaired) electrons. The number of anilines is 1. The van der Waals surface area contributed by atoms with Crippen LogP contribution in [0, 0.1) is 25.2 Å². The molecule has 0 spiro atoms. The highest BCUT2D eigenvalue weighted by molar-refractivity contribution is 6.01. The molecule has 1 heterocycles. The first kappa shape index (κ1) is 20.9. The predicted molar refractivity (Wildman–Crippen MR) is 121 cm³/mol. The number of hydrogen-bond acceptors (Lipinski definition) is 3. The van der Waals surface area contributed by atoms with Crippen molar-refractivity contribution in [3.63, 3.8) is 0 Å². The molecule has 2 aromatic carbocycles. The highest BCUT2D eigenvalue weighted by Gasteiger charge is 2.14. The minimum absolute atomic E-state index is 0.0918. The maximum absolute atomic E-state index is 12.5. The molecule has 152 valence electrons. The number of nitriles is 1. The molecule has 1 aromatic heterocycles. The lowest BCUT2D eigenvalue weighted by Gasteiger charge is -2.14. The quantitative estimate of drug-likeness (QED) is 0.495. The van der Waals surface area contributed by atoms with Gasteiger partial charge in [-0.25, -0.2) is 0 Å². The molecule has 1 N–H and O–H groups in total. The Morgan fingerprint density at radius 3 is 2.37 bits per heavy atom. The smallest absolute Gasteiger partial charge is 0.262 e. The van der Waals surface area contributed by atoms with E-state index >= 15 is 0 Å². The number of nitrogens with zero attached hydrogens (tertiary/aromatic N) is 3. The maximum Gasteiger partial charge on any atom is 0.262 e. The van der Waals surface area contributed by atoms with Crippen molar-refractivity contribution in [3.8, 4) is 11.8 Å². The fourth-order valence-corrected chi connectivity index (χ4v) is 3.41. The third-order valence-electron chi connectivity index (χ3n) is 5.06. The predicted octanol–water partition coefficient (Wildman–Crippen LogP) is 4.38. The summed E-state index contributed by atoms with van der Waals surface area (Å²) in [6.07, 6.45) is 1.66. The van der Waals surface area contributed by atoms with E-state index in [2.05, 4.69) is 39.0 Å². The third-order valence-corrected chi connectivity index (χ3v) is 5.06. The van der Waals surface area contributed by atoms with Gasteiger partial charge in [-0.05, 0) is 61.4 Å². The van der Waals surface area contributed by atoms with Crippen molar-refractivity contribution in [2.24, 2.45) is 0 Å². The van der Waals surface area contributed by atoms with E-state index in [0.717, 1.165) is 33.9 Å². The summed E-state index contributed by atoms with van der Waals surface area (Å²) in [4.78, 5) is 14.6. The van der Waals surface area contributed by atoms with Gasteiger partial charge in [0.2, 0.25) is 0 Å². The van der Waals surface area contributed by atoms with Crippen molar-refractivity contribution in [2.75, 3.05) is 19.0 Å². The van der Waals surface area contributed by atoms with Crippen LogP contribution in [-0.4, -0.2) is 24.6 Å². The largest absolute Gasteiger partial charge is 0.378 e. The third kappa shape index (κ3) is 4.61. The first-order valence-corrected chi connectivity index (χ1v) is 9.81. The highest BCUT2D eigenvalue weighted by Crippen LogP contribution is 2.24. The zero-order valence-corrected chi connectivity index (χ0v) is 17.8. The molecule has 1 amide bonds. The average molecular weight is 399 g/mol. The minimum atomic E-state index is -0.374. The van der Waals surface area contributed by atoms with E-state index < -0.39 is 0 Å². The summed E-state index contributed by atoms with van der Waals surface area (Å²) in [7, 11) is 4.02. The van der Waals surface area contributed by atoms with E-state index in [1.165, 1.54) is 0 Å². The van der Waals surface area contributed by atoms with Crippen molar-refractivity contribution < 1.29 is 4.79 Å². The molecule has 5 heteroatoms. The van der Waals surface area contributed by atoms with Gasteiger partial charge in [0.05, 0.1) is 0 Å². The maximum atomic E-state index is 12.5. The highest BCUT2D eigenvalue weighted by atomic mass is 16.1. The van der Waals surface area contributed by atoms with Crippen LogP contribution in [0.2, 0.25) is 0 Å². The van der Waals surface area contributed by atoms with Crippen molar-refractivity contribution in [3.05, 3.63) is 88.8 Å². The van der Waals surface area contributed by atoms with Gasteiger partial charge < -0.3 is 14.8 Å². The van der Waals surface area contributed by atoms with E-state index in [0.29, 0.717) is 6.54 Å². The molecule has 3 rings (SSSR count). The lowest BCUT2D eigenvalue weighted by atomic mass is 10.1. The number of amides is 1. The number of benzene rings is 2. The molecule has 0 saturated carbocycles. The van der Waals surface area contributed by atoms with Gasteiger partial charge in [-0.1, -0.05) is 30.3 Å². The second-order valence-electron chi connectivity index (χ2n) is 7.41. The number of hydrogen-bond donors (Lipinski definition) is 1. The number of carbonyl (C=O) groups excluding carboxylic acids is 1. The first-order chi connectivity index (χ1) is 14.4. The Kier molecular flexibility index (Phi) is 6.38. The van der Waals surface area contributed by atoms with Crippen molar-refractivity contribution in [2.45, 2.75) is 20.4 Å². The Bertz CT molecular complexity index is 1100. The van der Waals surface area contributed by atoms with Gasteiger partial charge in [0, 0.05) is 43.4 Å². The normalized spacial score (nSPS) is 11.1. The first-order valence-electron chi connectivity index (χ1n) is 9.81. The van der Waals surface area contributed by atoms with E-state index in [1.54, 1.807) is 6.08 Å². The molecule has 3 aromatic rings. The Balaban J connectivity index is 1.84. The number of carbonyl (C=O) groups is 1. The summed E-state index contributed by atoms with van der Waals surface area (Å²) < 4.78 is 2.13. The molecule has 0 bridgehead atoms. The van der Waals surface area contributed by atoms with Crippen LogP contribution < -0.4 is 10.2 Å². The Morgan fingerprint density at radius 2 is 1.77 bits per heavy atom. The molecule has 0 aliphatic carbocycles. The standard InChI is InChI=1S/C25H26N4O/c1-18-14-21(19(2)29(18)24-12-10-23(11-13-24)28(3)4)15-22(16-26)25(30)27-17-20-8-6-5-7-9-20/h5-15H,17H2,1-4H3,(H,27,30)/b22-15-. The van der Waals surface area contributed by atoms with Crippen LogP contribution in [0.1, 0.15) is 22.5 Å². The monoisotopic (exact) mass is 398 g/mol.